The highest BCUT2D eigenvalue weighted by molar-refractivity contribution is 7.99. The number of hydrogen-bond donors (Lipinski definition) is 1. The minimum atomic E-state index is -0.151. The van der Waals surface area contributed by atoms with Crippen molar-refractivity contribution in [3.8, 4) is 11.5 Å². The lowest BCUT2D eigenvalue weighted by Crippen LogP contribution is -2.52. The van der Waals surface area contributed by atoms with E-state index in [0.717, 1.165) is 16.8 Å². The molecule has 160 valence electrons. The van der Waals surface area contributed by atoms with Crippen molar-refractivity contribution in [3.63, 3.8) is 0 Å². The lowest BCUT2D eigenvalue weighted by molar-refractivity contribution is -0.129. The van der Waals surface area contributed by atoms with Crippen molar-refractivity contribution < 1.29 is 14.0 Å². The number of hydrogen-bond acceptors (Lipinski definition) is 6. The average molecular weight is 438 g/mol. The third kappa shape index (κ3) is 5.24. The summed E-state index contributed by atoms with van der Waals surface area (Å²) in [5, 5.41) is 11.4. The molecule has 31 heavy (non-hydrogen) atoms. The standard InChI is InChI=1S/C22H23N5O3S/c1-16-7-5-6-10-18(16)20-24-25-22(30-20)31-15-19(28)26-11-13-27(14-12-26)21(29)23-17-8-3-2-4-9-17/h2-10H,11-15H2,1H3,(H,23,29). The maximum atomic E-state index is 12.6. The first kappa shape index (κ1) is 20.9. The van der Waals surface area contributed by atoms with E-state index in [-0.39, 0.29) is 17.7 Å². The molecule has 0 spiro atoms. The highest BCUT2D eigenvalue weighted by Gasteiger charge is 2.24. The van der Waals surface area contributed by atoms with Crippen LogP contribution in [0.4, 0.5) is 10.5 Å². The van der Waals surface area contributed by atoms with Gasteiger partial charge in [-0.05, 0) is 30.7 Å². The molecule has 1 aliphatic heterocycles. The molecular formula is C22H23N5O3S. The first-order chi connectivity index (χ1) is 15.1. The fraction of sp³-hybridized carbons (Fsp3) is 0.273. The van der Waals surface area contributed by atoms with Crippen molar-refractivity contribution in [2.45, 2.75) is 12.1 Å². The van der Waals surface area contributed by atoms with Crippen LogP contribution in [0.15, 0.2) is 64.2 Å². The minimum Gasteiger partial charge on any atom is -0.411 e. The molecule has 3 amide bonds. The summed E-state index contributed by atoms with van der Waals surface area (Å²) in [6, 6.07) is 17.0. The summed E-state index contributed by atoms with van der Waals surface area (Å²) in [5.74, 6) is 0.654. The van der Waals surface area contributed by atoms with Gasteiger partial charge in [-0.3, -0.25) is 4.79 Å². The number of thioether (sulfide) groups is 1. The average Bonchev–Trinajstić information content (AvgIpc) is 3.27. The summed E-state index contributed by atoms with van der Waals surface area (Å²) >= 11 is 1.23. The number of benzene rings is 2. The molecule has 2 aromatic carbocycles. The van der Waals surface area contributed by atoms with Gasteiger partial charge in [0, 0.05) is 37.4 Å². The Morgan fingerprint density at radius 2 is 1.65 bits per heavy atom. The zero-order chi connectivity index (χ0) is 21.6. The number of urea groups is 1. The van der Waals surface area contributed by atoms with Crippen LogP contribution in [-0.2, 0) is 4.79 Å². The molecule has 2 heterocycles. The summed E-state index contributed by atoms with van der Waals surface area (Å²) < 4.78 is 5.70. The van der Waals surface area contributed by atoms with Crippen molar-refractivity contribution in [2.24, 2.45) is 0 Å². The largest absolute Gasteiger partial charge is 0.411 e. The Morgan fingerprint density at radius 3 is 2.39 bits per heavy atom. The van der Waals surface area contributed by atoms with Gasteiger partial charge in [0.05, 0.1) is 5.75 Å². The second-order valence-corrected chi connectivity index (χ2v) is 8.07. The monoisotopic (exact) mass is 437 g/mol. The van der Waals surface area contributed by atoms with E-state index < -0.39 is 0 Å². The summed E-state index contributed by atoms with van der Waals surface area (Å²) in [4.78, 5) is 28.4. The molecule has 0 bridgehead atoms. The third-order valence-corrected chi connectivity index (χ3v) is 5.85. The molecular weight excluding hydrogens is 414 g/mol. The lowest BCUT2D eigenvalue weighted by atomic mass is 10.1. The number of aryl methyl sites for hydroxylation is 1. The van der Waals surface area contributed by atoms with Crippen LogP contribution in [-0.4, -0.2) is 63.9 Å². The van der Waals surface area contributed by atoms with Crippen LogP contribution in [0.5, 0.6) is 0 Å². The van der Waals surface area contributed by atoms with Crippen molar-refractivity contribution in [1.29, 1.82) is 0 Å². The van der Waals surface area contributed by atoms with E-state index in [1.165, 1.54) is 11.8 Å². The van der Waals surface area contributed by atoms with Gasteiger partial charge >= 0.3 is 6.03 Å². The number of anilines is 1. The van der Waals surface area contributed by atoms with Gasteiger partial charge in [-0.1, -0.05) is 48.2 Å². The molecule has 1 saturated heterocycles. The van der Waals surface area contributed by atoms with Crippen LogP contribution in [0.25, 0.3) is 11.5 Å². The van der Waals surface area contributed by atoms with Crippen LogP contribution in [0.2, 0.25) is 0 Å². The molecule has 8 nitrogen and oxygen atoms in total. The number of nitrogens with one attached hydrogen (secondary N) is 1. The lowest BCUT2D eigenvalue weighted by Gasteiger charge is -2.34. The quantitative estimate of drug-likeness (QED) is 0.614. The molecule has 1 aliphatic rings. The van der Waals surface area contributed by atoms with Gasteiger partial charge in [0.2, 0.25) is 11.8 Å². The van der Waals surface area contributed by atoms with Gasteiger partial charge < -0.3 is 19.5 Å². The second kappa shape index (κ2) is 9.65. The number of para-hydroxylation sites is 1. The van der Waals surface area contributed by atoms with Crippen LogP contribution in [0.3, 0.4) is 0 Å². The Bertz CT molecular complexity index is 1050. The predicted octanol–water partition coefficient (Wildman–Crippen LogP) is 3.51. The summed E-state index contributed by atoms with van der Waals surface area (Å²) in [6.07, 6.45) is 0. The summed E-state index contributed by atoms with van der Waals surface area (Å²) in [7, 11) is 0. The van der Waals surface area contributed by atoms with E-state index in [1.807, 2.05) is 61.5 Å². The van der Waals surface area contributed by atoms with Gasteiger partial charge in [-0.25, -0.2) is 4.79 Å². The third-order valence-electron chi connectivity index (χ3n) is 5.05. The zero-order valence-corrected chi connectivity index (χ0v) is 18.0. The molecule has 0 unspecified atom stereocenters. The molecule has 9 heteroatoms. The fourth-order valence-electron chi connectivity index (χ4n) is 3.29. The number of nitrogens with zero attached hydrogens (tertiary/aromatic N) is 4. The fourth-order valence-corrected chi connectivity index (χ4v) is 3.95. The maximum absolute atomic E-state index is 12.6. The van der Waals surface area contributed by atoms with E-state index in [1.54, 1.807) is 9.80 Å². The van der Waals surface area contributed by atoms with Crippen LogP contribution >= 0.6 is 11.8 Å². The Kier molecular flexibility index (Phi) is 6.51. The predicted molar refractivity (Wildman–Crippen MR) is 119 cm³/mol. The highest BCUT2D eigenvalue weighted by atomic mass is 32.2. The SMILES string of the molecule is Cc1ccccc1-c1nnc(SCC(=O)N2CCN(C(=O)Nc3ccccc3)CC2)o1. The Morgan fingerprint density at radius 1 is 0.968 bits per heavy atom. The van der Waals surface area contributed by atoms with Crippen molar-refractivity contribution in [3.05, 3.63) is 60.2 Å². The molecule has 3 aromatic rings. The van der Waals surface area contributed by atoms with Gasteiger partial charge in [0.1, 0.15) is 0 Å². The molecule has 0 aliphatic carbocycles. The Balaban J connectivity index is 1.24. The topological polar surface area (TPSA) is 91.6 Å². The first-order valence-electron chi connectivity index (χ1n) is 10.0. The van der Waals surface area contributed by atoms with Crippen molar-refractivity contribution >= 4 is 29.4 Å². The second-order valence-electron chi connectivity index (χ2n) is 7.14. The van der Waals surface area contributed by atoms with E-state index in [0.29, 0.717) is 37.3 Å². The molecule has 4 rings (SSSR count). The normalized spacial score (nSPS) is 13.8. The van der Waals surface area contributed by atoms with Crippen LogP contribution in [0, 0.1) is 6.92 Å². The number of rotatable bonds is 5. The maximum Gasteiger partial charge on any atom is 0.321 e. The molecule has 0 radical (unpaired) electrons. The highest BCUT2D eigenvalue weighted by Crippen LogP contribution is 2.25. The number of carbonyl (C=O) groups is 2. The van der Waals surface area contributed by atoms with Crippen LogP contribution < -0.4 is 5.32 Å². The van der Waals surface area contributed by atoms with Gasteiger partial charge in [-0.2, -0.15) is 0 Å². The Hall–Kier alpha value is -3.33. The number of piperazine rings is 1. The van der Waals surface area contributed by atoms with Crippen molar-refractivity contribution in [2.75, 3.05) is 37.2 Å². The van der Waals surface area contributed by atoms with E-state index in [4.69, 9.17) is 4.42 Å². The number of carbonyl (C=O) groups excluding carboxylic acids is 2. The number of amides is 3. The molecule has 1 fully saturated rings. The van der Waals surface area contributed by atoms with Gasteiger partial charge in [0.25, 0.3) is 5.22 Å². The number of aromatic nitrogens is 2. The summed E-state index contributed by atoms with van der Waals surface area (Å²) in [5.41, 5.74) is 2.69. The summed E-state index contributed by atoms with van der Waals surface area (Å²) in [6.45, 7) is 3.97. The smallest absolute Gasteiger partial charge is 0.321 e. The van der Waals surface area contributed by atoms with E-state index >= 15 is 0 Å². The van der Waals surface area contributed by atoms with Gasteiger partial charge in [0.15, 0.2) is 0 Å². The van der Waals surface area contributed by atoms with Crippen molar-refractivity contribution in [1.82, 2.24) is 20.0 Å². The first-order valence-corrected chi connectivity index (χ1v) is 11.0. The van der Waals surface area contributed by atoms with Gasteiger partial charge in [-0.15, -0.1) is 10.2 Å². The molecule has 0 atom stereocenters. The molecule has 0 saturated carbocycles. The van der Waals surface area contributed by atoms with Crippen LogP contribution in [0.1, 0.15) is 5.56 Å². The zero-order valence-electron chi connectivity index (χ0n) is 17.2. The molecule has 1 N–H and O–H groups in total. The molecule has 1 aromatic heterocycles. The minimum absolute atomic E-state index is 0.0104. The Labute approximate surface area is 184 Å². The van der Waals surface area contributed by atoms with E-state index in [2.05, 4.69) is 15.5 Å². The van der Waals surface area contributed by atoms with E-state index in [9.17, 15) is 9.59 Å².